The zero-order valence-corrected chi connectivity index (χ0v) is 11.8. The standard InChI is InChI=1S/C14H26N4/c1-10(2)11-4-6-12(7-5-11)13(15)8-14-16-9-17-18(14)3/h9-13H,4-8,15H2,1-3H3. The van der Waals surface area contributed by atoms with E-state index in [2.05, 4.69) is 23.9 Å². The van der Waals surface area contributed by atoms with Crippen LogP contribution in [0.5, 0.6) is 0 Å². The molecule has 1 aromatic heterocycles. The summed E-state index contributed by atoms with van der Waals surface area (Å²) in [4.78, 5) is 4.27. The van der Waals surface area contributed by atoms with Crippen LogP contribution in [0.3, 0.4) is 0 Å². The molecule has 4 nitrogen and oxygen atoms in total. The van der Waals surface area contributed by atoms with Crippen molar-refractivity contribution in [2.24, 2.45) is 30.5 Å². The Morgan fingerprint density at radius 2 is 1.89 bits per heavy atom. The van der Waals surface area contributed by atoms with Crippen LogP contribution in [0.25, 0.3) is 0 Å². The molecule has 0 amide bonds. The number of aromatic nitrogens is 3. The van der Waals surface area contributed by atoms with Crippen LogP contribution >= 0.6 is 0 Å². The summed E-state index contributed by atoms with van der Waals surface area (Å²) >= 11 is 0. The van der Waals surface area contributed by atoms with Crippen LogP contribution in [0.2, 0.25) is 0 Å². The second-order valence-electron chi connectivity index (χ2n) is 6.09. The molecule has 1 heterocycles. The van der Waals surface area contributed by atoms with Crippen LogP contribution in [0.15, 0.2) is 6.33 Å². The quantitative estimate of drug-likeness (QED) is 0.890. The fourth-order valence-corrected chi connectivity index (χ4v) is 3.12. The van der Waals surface area contributed by atoms with Crippen LogP contribution in [-0.4, -0.2) is 20.8 Å². The van der Waals surface area contributed by atoms with Gasteiger partial charge < -0.3 is 5.73 Å². The van der Waals surface area contributed by atoms with Crippen LogP contribution < -0.4 is 5.73 Å². The summed E-state index contributed by atoms with van der Waals surface area (Å²) in [6, 6.07) is 0.237. The third kappa shape index (κ3) is 3.10. The molecule has 0 bridgehead atoms. The predicted octanol–water partition coefficient (Wildman–Crippen LogP) is 2.15. The SMILES string of the molecule is CC(C)C1CCC(C(N)Cc2ncnn2C)CC1. The molecule has 0 aliphatic heterocycles. The highest BCUT2D eigenvalue weighted by Gasteiger charge is 2.27. The Kier molecular flexibility index (Phi) is 4.38. The first kappa shape index (κ1) is 13.5. The van der Waals surface area contributed by atoms with Crippen molar-refractivity contribution in [3.8, 4) is 0 Å². The Balaban J connectivity index is 1.84. The number of aryl methyl sites for hydroxylation is 1. The van der Waals surface area contributed by atoms with Gasteiger partial charge in [-0.3, -0.25) is 4.68 Å². The van der Waals surface area contributed by atoms with Crippen LogP contribution in [0.1, 0.15) is 45.4 Å². The lowest BCUT2D eigenvalue weighted by Gasteiger charge is -2.33. The van der Waals surface area contributed by atoms with E-state index in [-0.39, 0.29) is 6.04 Å². The van der Waals surface area contributed by atoms with Crippen molar-refractivity contribution in [1.82, 2.24) is 14.8 Å². The summed E-state index contributed by atoms with van der Waals surface area (Å²) in [6.07, 6.45) is 7.71. The molecule has 0 saturated heterocycles. The van der Waals surface area contributed by atoms with E-state index in [0.717, 1.165) is 24.1 Å². The summed E-state index contributed by atoms with van der Waals surface area (Å²) in [5, 5.41) is 4.10. The molecule has 1 unspecified atom stereocenters. The molecule has 2 rings (SSSR count). The Morgan fingerprint density at radius 3 is 2.39 bits per heavy atom. The van der Waals surface area contributed by atoms with Crippen molar-refractivity contribution in [2.45, 2.75) is 52.0 Å². The smallest absolute Gasteiger partial charge is 0.138 e. The van der Waals surface area contributed by atoms with Gasteiger partial charge >= 0.3 is 0 Å². The monoisotopic (exact) mass is 250 g/mol. The largest absolute Gasteiger partial charge is 0.327 e. The van der Waals surface area contributed by atoms with Gasteiger partial charge in [0.05, 0.1) is 0 Å². The fourth-order valence-electron chi connectivity index (χ4n) is 3.12. The first-order chi connectivity index (χ1) is 8.58. The molecule has 4 heteroatoms. The van der Waals surface area contributed by atoms with Gasteiger partial charge in [0, 0.05) is 19.5 Å². The summed E-state index contributed by atoms with van der Waals surface area (Å²) in [7, 11) is 1.94. The second kappa shape index (κ2) is 5.83. The highest BCUT2D eigenvalue weighted by atomic mass is 15.3. The highest BCUT2D eigenvalue weighted by molar-refractivity contribution is 4.91. The van der Waals surface area contributed by atoms with E-state index in [4.69, 9.17) is 5.73 Å². The lowest BCUT2D eigenvalue weighted by Crippen LogP contribution is -2.36. The van der Waals surface area contributed by atoms with Crippen molar-refractivity contribution in [2.75, 3.05) is 0 Å². The molecule has 18 heavy (non-hydrogen) atoms. The molecule has 1 atom stereocenters. The van der Waals surface area contributed by atoms with Gasteiger partial charge in [-0.2, -0.15) is 5.10 Å². The Hall–Kier alpha value is -0.900. The van der Waals surface area contributed by atoms with Gasteiger partial charge in [-0.1, -0.05) is 13.8 Å². The lowest BCUT2D eigenvalue weighted by molar-refractivity contribution is 0.201. The van der Waals surface area contributed by atoms with E-state index < -0.39 is 0 Å². The van der Waals surface area contributed by atoms with Gasteiger partial charge in [0.15, 0.2) is 0 Å². The van der Waals surface area contributed by atoms with Crippen molar-refractivity contribution in [3.63, 3.8) is 0 Å². The lowest BCUT2D eigenvalue weighted by atomic mass is 9.74. The number of hydrogen-bond acceptors (Lipinski definition) is 3. The van der Waals surface area contributed by atoms with E-state index in [0.29, 0.717) is 5.92 Å². The molecular weight excluding hydrogens is 224 g/mol. The van der Waals surface area contributed by atoms with Gasteiger partial charge in [0.1, 0.15) is 12.2 Å². The molecule has 1 aliphatic rings. The molecule has 0 radical (unpaired) electrons. The molecule has 1 saturated carbocycles. The molecular formula is C14H26N4. The number of hydrogen-bond donors (Lipinski definition) is 1. The number of nitrogens with two attached hydrogens (primary N) is 1. The predicted molar refractivity (Wildman–Crippen MR) is 73.0 cm³/mol. The minimum atomic E-state index is 0.237. The normalized spacial score (nSPS) is 26.5. The summed E-state index contributed by atoms with van der Waals surface area (Å²) < 4.78 is 1.83. The van der Waals surface area contributed by atoms with Crippen LogP contribution in [0.4, 0.5) is 0 Å². The van der Waals surface area contributed by atoms with Crippen LogP contribution in [0, 0.1) is 17.8 Å². The Morgan fingerprint density at radius 1 is 1.28 bits per heavy atom. The van der Waals surface area contributed by atoms with E-state index in [1.54, 1.807) is 6.33 Å². The van der Waals surface area contributed by atoms with Crippen molar-refractivity contribution >= 4 is 0 Å². The highest BCUT2D eigenvalue weighted by Crippen LogP contribution is 2.34. The van der Waals surface area contributed by atoms with Crippen molar-refractivity contribution in [3.05, 3.63) is 12.2 Å². The van der Waals surface area contributed by atoms with Gasteiger partial charge in [0.25, 0.3) is 0 Å². The molecule has 1 aromatic rings. The van der Waals surface area contributed by atoms with E-state index >= 15 is 0 Å². The second-order valence-corrected chi connectivity index (χ2v) is 6.09. The van der Waals surface area contributed by atoms with Gasteiger partial charge in [-0.15, -0.1) is 0 Å². The Bertz CT molecular complexity index is 364. The number of nitrogens with zero attached hydrogens (tertiary/aromatic N) is 3. The van der Waals surface area contributed by atoms with Crippen molar-refractivity contribution < 1.29 is 0 Å². The average Bonchev–Trinajstić information content (AvgIpc) is 2.75. The third-order valence-corrected chi connectivity index (χ3v) is 4.59. The average molecular weight is 250 g/mol. The maximum atomic E-state index is 6.35. The summed E-state index contributed by atoms with van der Waals surface area (Å²) in [6.45, 7) is 4.68. The Labute approximate surface area is 110 Å². The van der Waals surface area contributed by atoms with E-state index in [9.17, 15) is 0 Å². The van der Waals surface area contributed by atoms with E-state index in [1.807, 2.05) is 11.7 Å². The maximum Gasteiger partial charge on any atom is 0.138 e. The molecule has 0 aromatic carbocycles. The first-order valence-corrected chi connectivity index (χ1v) is 7.16. The molecule has 1 fully saturated rings. The zero-order chi connectivity index (χ0) is 13.1. The minimum absolute atomic E-state index is 0.237. The summed E-state index contributed by atoms with van der Waals surface area (Å²) in [5.74, 6) is 3.40. The third-order valence-electron chi connectivity index (χ3n) is 4.59. The van der Waals surface area contributed by atoms with Crippen LogP contribution in [-0.2, 0) is 13.5 Å². The molecule has 102 valence electrons. The van der Waals surface area contributed by atoms with Crippen molar-refractivity contribution in [1.29, 1.82) is 0 Å². The summed E-state index contributed by atoms with van der Waals surface area (Å²) in [5.41, 5.74) is 6.35. The topological polar surface area (TPSA) is 56.7 Å². The first-order valence-electron chi connectivity index (χ1n) is 7.16. The van der Waals surface area contributed by atoms with E-state index in [1.165, 1.54) is 25.7 Å². The molecule has 1 aliphatic carbocycles. The molecule has 2 N–H and O–H groups in total. The van der Waals surface area contributed by atoms with Gasteiger partial charge in [-0.05, 0) is 43.4 Å². The van der Waals surface area contributed by atoms with Gasteiger partial charge in [0.2, 0.25) is 0 Å². The fraction of sp³-hybridized carbons (Fsp3) is 0.857. The molecule has 0 spiro atoms. The maximum absolute atomic E-state index is 6.35. The minimum Gasteiger partial charge on any atom is -0.327 e. The van der Waals surface area contributed by atoms with Gasteiger partial charge in [-0.25, -0.2) is 4.98 Å². The number of rotatable bonds is 4. The zero-order valence-electron chi connectivity index (χ0n) is 11.8.